The summed E-state index contributed by atoms with van der Waals surface area (Å²) in [6.45, 7) is 17.3. The van der Waals surface area contributed by atoms with Crippen molar-refractivity contribution in [3.63, 3.8) is 0 Å². The first-order valence-electron chi connectivity index (χ1n) is 22.9. The van der Waals surface area contributed by atoms with E-state index in [0.29, 0.717) is 0 Å². The fourth-order valence-electron chi connectivity index (χ4n) is 10.5. The maximum atomic E-state index is 5.89. The molecule has 0 amide bonds. The third kappa shape index (κ3) is 7.94. The molecule has 0 atom stereocenters. The molecule has 0 N–H and O–H groups in total. The summed E-state index contributed by atoms with van der Waals surface area (Å²) < 4.78 is 0. The van der Waals surface area contributed by atoms with Gasteiger partial charge in [0.15, 0.2) is 0 Å². The number of fused-ring (bicyclic) bond motifs is 14. The van der Waals surface area contributed by atoms with Crippen LogP contribution in [0.2, 0.25) is 0 Å². The average Bonchev–Trinajstić information content (AvgIpc) is 3.82. The first kappa shape index (κ1) is 43.7. The minimum Gasteiger partial charge on any atom is -0.657 e. The smallest absolute Gasteiger partial charge is 0.657 e. The summed E-state index contributed by atoms with van der Waals surface area (Å²) >= 11 is 0. The SMILES string of the molecule is Cc1cc(C)cc(-c2c3nc(c(-c4cc(C)cc(C)c4)c4[n-]c(c(-c5cc(C)cc(C)c5)c5cccc(n5)c(-c5cc(C)cc(C)c5)c5[n-]c2=CC=C5)c2ccccc42)-c2ccccc2-3)c1.[Pt+2]. The number of allylic oxidation sites excluding steroid dienone is 1. The van der Waals surface area contributed by atoms with Crippen molar-refractivity contribution in [1.29, 1.82) is 0 Å². The summed E-state index contributed by atoms with van der Waals surface area (Å²) in [5.41, 5.74) is 25.8. The molecule has 5 heteroatoms. The summed E-state index contributed by atoms with van der Waals surface area (Å²) in [4.78, 5) is 23.2. The molecule has 0 radical (unpaired) electrons. The first-order valence-corrected chi connectivity index (χ1v) is 22.9. The van der Waals surface area contributed by atoms with Crippen molar-refractivity contribution in [2.24, 2.45) is 0 Å². The Morgan fingerprint density at radius 3 is 1.28 bits per heavy atom. The molecule has 2 aliphatic rings. The van der Waals surface area contributed by atoms with Gasteiger partial charge in [0.2, 0.25) is 0 Å². The van der Waals surface area contributed by atoms with Gasteiger partial charge in [0.25, 0.3) is 0 Å². The number of pyridine rings is 1. The zero-order valence-corrected chi connectivity index (χ0v) is 41.4. The molecule has 328 valence electrons. The van der Waals surface area contributed by atoms with Crippen LogP contribution in [0, 0.1) is 55.4 Å². The van der Waals surface area contributed by atoms with Crippen molar-refractivity contribution in [2.75, 3.05) is 0 Å². The van der Waals surface area contributed by atoms with Crippen LogP contribution in [-0.4, -0.2) is 9.97 Å². The minimum absolute atomic E-state index is 0. The minimum atomic E-state index is 0. The van der Waals surface area contributed by atoms with Crippen LogP contribution in [0.1, 0.15) is 50.2 Å². The molecule has 5 heterocycles. The standard InChI is InChI=1S/C62H50N4.Pt/c1-35-23-36(2)28-43(27-35)55-51-19-13-21-53(63-51)56(44-29-37(3)24-38(4)30-44)59-47-15-9-11-17-49(47)61(65-59)58(46-33-41(7)26-42(8)34-46)62-50-18-12-10-16-48(50)60(66-62)57(54-22-14-20-52(55)64-54)45-31-39(5)25-40(6)32-45;/h9-34H,1-8H3;/q-2;+2. The van der Waals surface area contributed by atoms with Gasteiger partial charge in [-0.15, -0.1) is 22.1 Å². The predicted octanol–water partition coefficient (Wildman–Crippen LogP) is 15.0. The predicted molar refractivity (Wildman–Crippen MR) is 278 cm³/mol. The summed E-state index contributed by atoms with van der Waals surface area (Å²) in [5, 5.41) is 2.96. The molecule has 67 heavy (non-hydrogen) atoms. The van der Waals surface area contributed by atoms with Crippen molar-refractivity contribution in [3.8, 4) is 67.0 Å². The van der Waals surface area contributed by atoms with Gasteiger partial charge in [0.1, 0.15) is 0 Å². The number of hydrogen-bond acceptors (Lipinski definition) is 2. The molecule has 4 nitrogen and oxygen atoms in total. The van der Waals surface area contributed by atoms with Gasteiger partial charge in [-0.3, -0.25) is 0 Å². The zero-order valence-electron chi connectivity index (χ0n) is 39.1. The van der Waals surface area contributed by atoms with Gasteiger partial charge in [0.05, 0.1) is 22.4 Å². The Kier molecular flexibility index (Phi) is 11.3. The molecule has 0 fully saturated rings. The zero-order chi connectivity index (χ0) is 45.4. The second-order valence-corrected chi connectivity index (χ2v) is 18.5. The Bertz CT molecular complexity index is 3720. The van der Waals surface area contributed by atoms with Crippen LogP contribution >= 0.6 is 0 Å². The first-order chi connectivity index (χ1) is 31.9. The molecule has 3 aromatic heterocycles. The van der Waals surface area contributed by atoms with Gasteiger partial charge in [-0.05, 0) is 123 Å². The molecular weight excluding hydrogens is 996 g/mol. The summed E-state index contributed by atoms with van der Waals surface area (Å²) in [7, 11) is 0. The quantitative estimate of drug-likeness (QED) is 0.176. The van der Waals surface area contributed by atoms with E-state index < -0.39 is 0 Å². The second kappa shape index (κ2) is 17.3. The number of hydrogen-bond donors (Lipinski definition) is 0. The number of nitrogens with zero attached hydrogens (tertiary/aromatic N) is 4. The summed E-state index contributed by atoms with van der Waals surface area (Å²) in [6.07, 6.45) is 6.42. The maximum absolute atomic E-state index is 5.89. The third-order valence-corrected chi connectivity index (χ3v) is 12.8. The summed E-state index contributed by atoms with van der Waals surface area (Å²) in [5.74, 6) is 0. The number of rotatable bonds is 4. The third-order valence-electron chi connectivity index (χ3n) is 12.8. The van der Waals surface area contributed by atoms with Crippen LogP contribution < -0.4 is 15.3 Å². The van der Waals surface area contributed by atoms with Crippen molar-refractivity contribution in [1.82, 2.24) is 19.9 Å². The maximum Gasteiger partial charge on any atom is 2.00 e. The summed E-state index contributed by atoms with van der Waals surface area (Å²) in [6, 6.07) is 50.9. The van der Waals surface area contributed by atoms with E-state index in [2.05, 4.69) is 213 Å². The van der Waals surface area contributed by atoms with Gasteiger partial charge in [-0.2, -0.15) is 0 Å². The molecule has 0 unspecified atom stereocenters. The Morgan fingerprint density at radius 2 is 0.776 bits per heavy atom. The van der Waals surface area contributed by atoms with E-state index in [9.17, 15) is 0 Å². The monoisotopic (exact) mass is 1050 g/mol. The Morgan fingerprint density at radius 1 is 0.373 bits per heavy atom. The van der Waals surface area contributed by atoms with Gasteiger partial charge in [-0.1, -0.05) is 190 Å². The average molecular weight is 1050 g/mol. The van der Waals surface area contributed by atoms with E-state index in [0.717, 1.165) is 111 Å². The van der Waals surface area contributed by atoms with Crippen LogP contribution in [0.5, 0.6) is 0 Å². The molecule has 9 aromatic rings. The van der Waals surface area contributed by atoms with Gasteiger partial charge >= 0.3 is 21.1 Å². The molecule has 11 rings (SSSR count). The Hall–Kier alpha value is -7.13. The van der Waals surface area contributed by atoms with E-state index in [-0.39, 0.29) is 21.1 Å². The topological polar surface area (TPSA) is 54.0 Å². The van der Waals surface area contributed by atoms with E-state index in [1.807, 2.05) is 0 Å². The van der Waals surface area contributed by atoms with Crippen LogP contribution in [0.15, 0.2) is 146 Å². The molecule has 0 saturated carbocycles. The van der Waals surface area contributed by atoms with Crippen LogP contribution in [0.25, 0.3) is 112 Å². The van der Waals surface area contributed by atoms with Crippen LogP contribution in [-0.2, 0) is 21.1 Å². The van der Waals surface area contributed by atoms with Crippen molar-refractivity contribution in [3.05, 3.63) is 201 Å². The van der Waals surface area contributed by atoms with E-state index in [1.54, 1.807) is 0 Å². The number of aromatic nitrogens is 4. The fourth-order valence-corrected chi connectivity index (χ4v) is 10.5. The van der Waals surface area contributed by atoms with E-state index in [4.69, 9.17) is 19.9 Å². The molecule has 6 aromatic carbocycles. The number of benzene rings is 6. The molecule has 2 aliphatic heterocycles. The van der Waals surface area contributed by atoms with E-state index in [1.165, 1.54) is 44.5 Å². The van der Waals surface area contributed by atoms with Crippen molar-refractivity contribution < 1.29 is 21.1 Å². The largest absolute Gasteiger partial charge is 2.00 e. The van der Waals surface area contributed by atoms with Gasteiger partial charge in [0, 0.05) is 11.1 Å². The Labute approximate surface area is 407 Å². The van der Waals surface area contributed by atoms with E-state index >= 15 is 0 Å². The van der Waals surface area contributed by atoms with Gasteiger partial charge < -0.3 is 9.97 Å². The Balaban J connectivity index is 0.00000525. The molecule has 0 spiro atoms. The molecular formula is C62H50N4Pt. The number of aryl methyl sites for hydroxylation is 8. The van der Waals surface area contributed by atoms with Gasteiger partial charge in [-0.25, -0.2) is 9.97 Å². The van der Waals surface area contributed by atoms with Crippen LogP contribution in [0.4, 0.5) is 0 Å². The second-order valence-electron chi connectivity index (χ2n) is 18.5. The molecule has 0 saturated heterocycles. The van der Waals surface area contributed by atoms with Crippen molar-refractivity contribution in [2.45, 2.75) is 55.4 Å². The fraction of sp³-hybridized carbons (Fsp3) is 0.129. The normalized spacial score (nSPS) is 11.8. The van der Waals surface area contributed by atoms with Crippen LogP contribution in [0.3, 0.4) is 0 Å². The van der Waals surface area contributed by atoms with Crippen molar-refractivity contribution >= 4 is 45.0 Å². The molecule has 8 bridgehead atoms. The molecule has 0 aliphatic carbocycles.